The smallest absolute Gasteiger partial charge is 0.263 e. The molecule has 0 saturated carbocycles. The van der Waals surface area contributed by atoms with Crippen LogP contribution < -0.4 is 14.8 Å². The first-order chi connectivity index (χ1) is 11.1. The Morgan fingerprint density at radius 3 is 2.83 bits per heavy atom. The van der Waals surface area contributed by atoms with Gasteiger partial charge in [-0.3, -0.25) is 4.79 Å². The molecule has 2 aromatic rings. The molecule has 0 spiro atoms. The van der Waals surface area contributed by atoms with Crippen molar-refractivity contribution < 1.29 is 14.3 Å². The monoisotopic (exact) mass is 376 g/mol. The lowest BCUT2D eigenvalue weighted by Crippen LogP contribution is -2.20. The molecule has 1 heterocycles. The fraction of sp³-hybridized carbons (Fsp3) is 0.176. The van der Waals surface area contributed by atoms with Crippen molar-refractivity contribution in [2.24, 2.45) is 0 Å². The van der Waals surface area contributed by atoms with Gasteiger partial charge in [-0.1, -0.05) is 12.1 Å². The van der Waals surface area contributed by atoms with Gasteiger partial charge in [-0.25, -0.2) is 4.98 Å². The van der Waals surface area contributed by atoms with Gasteiger partial charge in [0.2, 0.25) is 0 Å². The SMILES string of the molecule is C=CCc1ccc(OCC(=O)Nc2ccc(Br)cn2)c(OC)c1. The number of halogens is 1. The van der Waals surface area contributed by atoms with E-state index in [0.717, 1.165) is 16.5 Å². The molecule has 0 radical (unpaired) electrons. The van der Waals surface area contributed by atoms with Gasteiger partial charge in [0.1, 0.15) is 5.82 Å². The highest BCUT2D eigenvalue weighted by atomic mass is 79.9. The summed E-state index contributed by atoms with van der Waals surface area (Å²) in [6.07, 6.45) is 4.16. The van der Waals surface area contributed by atoms with Crippen molar-refractivity contribution in [3.63, 3.8) is 0 Å². The lowest BCUT2D eigenvalue weighted by molar-refractivity contribution is -0.118. The number of pyridine rings is 1. The fourth-order valence-electron chi connectivity index (χ4n) is 1.90. The van der Waals surface area contributed by atoms with Crippen molar-refractivity contribution >= 4 is 27.7 Å². The third kappa shape index (κ3) is 5.10. The number of amides is 1. The van der Waals surface area contributed by atoms with Gasteiger partial charge in [-0.15, -0.1) is 6.58 Å². The molecule has 1 aromatic heterocycles. The second kappa shape index (κ2) is 8.33. The minimum absolute atomic E-state index is 0.130. The highest BCUT2D eigenvalue weighted by Crippen LogP contribution is 2.28. The standard InChI is InChI=1S/C17H17BrN2O3/c1-3-4-12-5-7-14(15(9-12)22-2)23-11-17(21)20-16-8-6-13(18)10-19-16/h3,5-10H,1,4,11H2,2H3,(H,19,20,21). The Bertz CT molecular complexity index is 687. The molecule has 0 atom stereocenters. The minimum Gasteiger partial charge on any atom is -0.493 e. The fourth-order valence-corrected chi connectivity index (χ4v) is 2.13. The predicted octanol–water partition coefficient (Wildman–Crippen LogP) is 3.60. The summed E-state index contributed by atoms with van der Waals surface area (Å²) in [4.78, 5) is 16.0. The van der Waals surface area contributed by atoms with Crippen LogP contribution in [0.2, 0.25) is 0 Å². The third-order valence-corrected chi connectivity index (χ3v) is 3.43. The maximum absolute atomic E-state index is 11.9. The molecule has 5 nitrogen and oxygen atoms in total. The summed E-state index contributed by atoms with van der Waals surface area (Å²) < 4.78 is 11.7. The van der Waals surface area contributed by atoms with Crippen LogP contribution in [-0.4, -0.2) is 24.6 Å². The van der Waals surface area contributed by atoms with Crippen LogP contribution in [0.3, 0.4) is 0 Å². The maximum atomic E-state index is 11.9. The van der Waals surface area contributed by atoms with Gasteiger partial charge in [0, 0.05) is 10.7 Å². The van der Waals surface area contributed by atoms with E-state index in [0.29, 0.717) is 17.3 Å². The van der Waals surface area contributed by atoms with Gasteiger partial charge < -0.3 is 14.8 Å². The molecule has 0 saturated heterocycles. The number of carbonyl (C=O) groups excluding carboxylic acids is 1. The van der Waals surface area contributed by atoms with Crippen molar-refractivity contribution in [3.05, 3.63) is 59.2 Å². The average molecular weight is 377 g/mol. The van der Waals surface area contributed by atoms with Crippen LogP contribution in [0.1, 0.15) is 5.56 Å². The second-order valence-electron chi connectivity index (χ2n) is 4.68. The second-order valence-corrected chi connectivity index (χ2v) is 5.59. The summed E-state index contributed by atoms with van der Waals surface area (Å²) in [6.45, 7) is 3.57. The zero-order valence-corrected chi connectivity index (χ0v) is 14.3. The average Bonchev–Trinajstić information content (AvgIpc) is 2.56. The number of anilines is 1. The number of methoxy groups -OCH3 is 1. The normalized spacial score (nSPS) is 10.0. The van der Waals surface area contributed by atoms with Crippen LogP contribution in [0.15, 0.2) is 53.7 Å². The Morgan fingerprint density at radius 1 is 1.35 bits per heavy atom. The van der Waals surface area contributed by atoms with Crippen LogP contribution in [0.5, 0.6) is 11.5 Å². The topological polar surface area (TPSA) is 60.5 Å². The van der Waals surface area contributed by atoms with Crippen LogP contribution in [0.25, 0.3) is 0 Å². The Kier molecular flexibility index (Phi) is 6.17. The molecule has 1 aromatic carbocycles. The first-order valence-electron chi connectivity index (χ1n) is 6.94. The number of nitrogens with one attached hydrogen (secondary N) is 1. The highest BCUT2D eigenvalue weighted by molar-refractivity contribution is 9.10. The molecule has 0 aliphatic heterocycles. The highest BCUT2D eigenvalue weighted by Gasteiger charge is 2.09. The lowest BCUT2D eigenvalue weighted by Gasteiger charge is -2.11. The third-order valence-electron chi connectivity index (χ3n) is 2.96. The maximum Gasteiger partial charge on any atom is 0.263 e. The molecular formula is C17H17BrN2O3. The van der Waals surface area contributed by atoms with Crippen molar-refractivity contribution in [1.29, 1.82) is 0 Å². The van der Waals surface area contributed by atoms with Crippen LogP contribution in [-0.2, 0) is 11.2 Å². The molecule has 6 heteroatoms. The Labute approximate surface area is 143 Å². The first-order valence-corrected chi connectivity index (χ1v) is 7.73. The number of nitrogens with zero attached hydrogens (tertiary/aromatic N) is 1. The molecule has 2 rings (SSSR count). The largest absolute Gasteiger partial charge is 0.493 e. The molecule has 0 fully saturated rings. The minimum atomic E-state index is -0.294. The van der Waals surface area contributed by atoms with Crippen molar-refractivity contribution in [2.75, 3.05) is 19.0 Å². The van der Waals surface area contributed by atoms with Crippen molar-refractivity contribution in [3.8, 4) is 11.5 Å². The number of hydrogen-bond acceptors (Lipinski definition) is 4. The Morgan fingerprint density at radius 2 is 2.17 bits per heavy atom. The van der Waals surface area contributed by atoms with E-state index in [1.165, 1.54) is 0 Å². The summed E-state index contributed by atoms with van der Waals surface area (Å²) in [5.74, 6) is 1.27. The summed E-state index contributed by atoms with van der Waals surface area (Å²) >= 11 is 3.29. The molecule has 0 bridgehead atoms. The van der Waals surface area contributed by atoms with Crippen LogP contribution >= 0.6 is 15.9 Å². The predicted molar refractivity (Wildman–Crippen MR) is 93.0 cm³/mol. The molecule has 0 aliphatic rings. The molecule has 23 heavy (non-hydrogen) atoms. The summed E-state index contributed by atoms with van der Waals surface area (Å²) in [6, 6.07) is 9.05. The number of allylic oxidation sites excluding steroid dienone is 1. The summed E-state index contributed by atoms with van der Waals surface area (Å²) in [5.41, 5.74) is 1.06. The zero-order valence-electron chi connectivity index (χ0n) is 12.7. The molecule has 1 N–H and O–H groups in total. The van der Waals surface area contributed by atoms with E-state index in [-0.39, 0.29) is 12.5 Å². The van der Waals surface area contributed by atoms with Gasteiger partial charge in [0.25, 0.3) is 5.91 Å². The van der Waals surface area contributed by atoms with Gasteiger partial charge >= 0.3 is 0 Å². The summed E-state index contributed by atoms with van der Waals surface area (Å²) in [5, 5.41) is 2.66. The Hall–Kier alpha value is -2.34. The quantitative estimate of drug-likeness (QED) is 0.749. The number of benzene rings is 1. The first kappa shape index (κ1) is 17.0. The van der Waals surface area contributed by atoms with Crippen molar-refractivity contribution in [2.45, 2.75) is 6.42 Å². The molecular weight excluding hydrogens is 360 g/mol. The number of rotatable bonds is 7. The van der Waals surface area contributed by atoms with Crippen molar-refractivity contribution in [1.82, 2.24) is 4.98 Å². The van der Waals surface area contributed by atoms with Gasteiger partial charge in [-0.05, 0) is 52.2 Å². The van der Waals surface area contributed by atoms with E-state index in [4.69, 9.17) is 9.47 Å². The zero-order chi connectivity index (χ0) is 16.7. The van der Waals surface area contributed by atoms with E-state index in [9.17, 15) is 4.79 Å². The number of hydrogen-bond donors (Lipinski definition) is 1. The molecule has 1 amide bonds. The van der Waals surface area contributed by atoms with E-state index in [2.05, 4.69) is 32.8 Å². The summed E-state index contributed by atoms with van der Waals surface area (Å²) in [7, 11) is 1.56. The molecule has 0 unspecified atom stereocenters. The van der Waals surface area contributed by atoms with E-state index < -0.39 is 0 Å². The van der Waals surface area contributed by atoms with E-state index in [1.54, 1.807) is 31.5 Å². The number of carbonyl (C=O) groups is 1. The lowest BCUT2D eigenvalue weighted by atomic mass is 10.1. The van der Waals surface area contributed by atoms with Gasteiger partial charge in [0.05, 0.1) is 7.11 Å². The number of aromatic nitrogens is 1. The van der Waals surface area contributed by atoms with Gasteiger partial charge in [0.15, 0.2) is 18.1 Å². The number of ether oxygens (including phenoxy) is 2. The molecule has 120 valence electrons. The van der Waals surface area contributed by atoms with Crippen LogP contribution in [0.4, 0.5) is 5.82 Å². The molecule has 0 aliphatic carbocycles. The Balaban J connectivity index is 1.95. The van der Waals surface area contributed by atoms with Gasteiger partial charge in [-0.2, -0.15) is 0 Å². The van der Waals surface area contributed by atoms with E-state index >= 15 is 0 Å². The van der Waals surface area contributed by atoms with E-state index in [1.807, 2.05) is 18.2 Å². The van der Waals surface area contributed by atoms with Crippen LogP contribution in [0, 0.1) is 0 Å².